The number of ketones is 1. The molecule has 112 valence electrons. The second-order valence-electron chi connectivity index (χ2n) is 5.64. The summed E-state index contributed by atoms with van der Waals surface area (Å²) < 4.78 is 0. The second-order valence-corrected chi connectivity index (χ2v) is 5.64. The van der Waals surface area contributed by atoms with Gasteiger partial charge in [0.1, 0.15) is 18.0 Å². The lowest BCUT2D eigenvalue weighted by atomic mass is 9.69. The monoisotopic (exact) mass is 292 g/mol. The number of carbonyl (C=O) groups is 1. The fourth-order valence-corrected chi connectivity index (χ4v) is 3.19. The number of aromatic hydroxyl groups is 1. The first-order valence-electron chi connectivity index (χ1n) is 6.65. The van der Waals surface area contributed by atoms with E-state index in [1.807, 2.05) is 0 Å². The molecule has 5 N–H and O–H groups in total. The number of phenols is 1. The molecule has 6 nitrogen and oxygen atoms in total. The number of fused-ring (bicyclic) bond motifs is 2. The topological polar surface area (TPSA) is 118 Å². The zero-order chi connectivity index (χ0) is 15.5. The number of carbonyl (C=O) groups excluding carboxylic acids is 1. The Morgan fingerprint density at radius 1 is 1.05 bits per heavy atom. The van der Waals surface area contributed by atoms with Crippen LogP contribution in [0.2, 0.25) is 0 Å². The van der Waals surface area contributed by atoms with E-state index in [9.17, 15) is 30.3 Å². The Bertz CT molecular complexity index is 650. The van der Waals surface area contributed by atoms with Crippen LogP contribution < -0.4 is 0 Å². The van der Waals surface area contributed by atoms with Gasteiger partial charge < -0.3 is 25.5 Å². The Kier molecular flexibility index (Phi) is 3.14. The van der Waals surface area contributed by atoms with Crippen molar-refractivity contribution in [1.29, 1.82) is 0 Å². The van der Waals surface area contributed by atoms with Crippen LogP contribution in [-0.4, -0.2) is 49.6 Å². The number of aliphatic hydroxyl groups excluding tert-OH is 4. The van der Waals surface area contributed by atoms with Crippen molar-refractivity contribution in [1.82, 2.24) is 0 Å². The summed E-state index contributed by atoms with van der Waals surface area (Å²) in [5, 5.41) is 49.9. The normalized spacial score (nSPS) is 35.0. The first-order valence-corrected chi connectivity index (χ1v) is 6.65. The Labute approximate surface area is 120 Å². The molecule has 0 amide bonds. The summed E-state index contributed by atoms with van der Waals surface area (Å²) in [7, 11) is 0. The van der Waals surface area contributed by atoms with Crippen LogP contribution >= 0.6 is 0 Å². The van der Waals surface area contributed by atoms with Gasteiger partial charge in [-0.2, -0.15) is 0 Å². The molecule has 2 aliphatic rings. The molecule has 6 heteroatoms. The number of aliphatic hydroxyl groups is 4. The van der Waals surface area contributed by atoms with E-state index < -0.39 is 36.1 Å². The first kappa shape index (κ1) is 14.2. The number of hydrogen-bond acceptors (Lipinski definition) is 6. The van der Waals surface area contributed by atoms with Gasteiger partial charge in [-0.1, -0.05) is 0 Å². The summed E-state index contributed by atoms with van der Waals surface area (Å²) in [6.07, 6.45) is -4.53. The molecule has 1 unspecified atom stereocenters. The van der Waals surface area contributed by atoms with Crippen LogP contribution in [-0.2, 0) is 0 Å². The van der Waals surface area contributed by atoms with Crippen molar-refractivity contribution in [3.63, 3.8) is 0 Å². The van der Waals surface area contributed by atoms with Crippen molar-refractivity contribution >= 4 is 5.78 Å². The number of phenolic OH excluding ortho intramolecular Hbond substituents is 1. The lowest BCUT2D eigenvalue weighted by molar-refractivity contribution is -0.0924. The molecule has 0 saturated heterocycles. The van der Waals surface area contributed by atoms with Gasteiger partial charge in [-0.25, -0.2) is 0 Å². The third kappa shape index (κ3) is 1.91. The summed E-state index contributed by atoms with van der Waals surface area (Å²) in [5.41, 5.74) is 0.918. The van der Waals surface area contributed by atoms with Crippen molar-refractivity contribution in [2.24, 2.45) is 5.92 Å². The molecule has 0 saturated carbocycles. The maximum atomic E-state index is 12.5. The van der Waals surface area contributed by atoms with Crippen molar-refractivity contribution in [3.05, 3.63) is 40.5 Å². The van der Waals surface area contributed by atoms with Gasteiger partial charge in [-0.3, -0.25) is 4.79 Å². The summed E-state index contributed by atoms with van der Waals surface area (Å²) >= 11 is 0. The van der Waals surface area contributed by atoms with Crippen molar-refractivity contribution < 1.29 is 30.3 Å². The van der Waals surface area contributed by atoms with Gasteiger partial charge in [0.05, 0.1) is 12.2 Å². The Morgan fingerprint density at radius 3 is 2.38 bits per heavy atom. The van der Waals surface area contributed by atoms with Gasteiger partial charge in [0, 0.05) is 22.6 Å². The molecule has 1 aromatic carbocycles. The molecule has 2 aliphatic carbocycles. The molecule has 1 aromatic rings. The van der Waals surface area contributed by atoms with E-state index in [2.05, 4.69) is 0 Å². The van der Waals surface area contributed by atoms with Crippen LogP contribution in [0.5, 0.6) is 5.75 Å². The van der Waals surface area contributed by atoms with Crippen molar-refractivity contribution in [3.8, 4) is 5.75 Å². The standard InChI is InChI=1S/C15H16O6/c1-5-2-6-10(8(16)3-5)14(20)11-7(12(6)18)4-9(17)13(19)15(11)21/h2-4,9,11,13-17,19-21H,1H3/t9?,11-,13-,14-,15-/m0/s1. The van der Waals surface area contributed by atoms with E-state index in [1.165, 1.54) is 6.07 Å². The summed E-state index contributed by atoms with van der Waals surface area (Å²) in [4.78, 5) is 12.5. The van der Waals surface area contributed by atoms with E-state index in [-0.39, 0.29) is 22.4 Å². The maximum Gasteiger partial charge on any atom is 0.189 e. The Balaban J connectivity index is 2.23. The molecule has 0 aliphatic heterocycles. The molecule has 0 aromatic heterocycles. The van der Waals surface area contributed by atoms with Crippen LogP contribution in [0.4, 0.5) is 0 Å². The van der Waals surface area contributed by atoms with E-state index in [0.29, 0.717) is 5.56 Å². The molecule has 3 rings (SSSR count). The zero-order valence-corrected chi connectivity index (χ0v) is 11.3. The summed E-state index contributed by atoms with van der Waals surface area (Å²) in [5.74, 6) is -1.76. The molecule has 0 fully saturated rings. The van der Waals surface area contributed by atoms with Crippen LogP contribution in [0.3, 0.4) is 0 Å². The Morgan fingerprint density at radius 2 is 1.71 bits per heavy atom. The number of Topliss-reactive ketones (excluding diaryl/α,β-unsaturated/α-hetero) is 1. The highest BCUT2D eigenvalue weighted by molar-refractivity contribution is 6.12. The number of aryl methyl sites for hydroxylation is 1. The molecule has 21 heavy (non-hydrogen) atoms. The minimum absolute atomic E-state index is 0.0513. The Hall–Kier alpha value is -1.73. The molecule has 0 spiro atoms. The third-order valence-corrected chi connectivity index (χ3v) is 4.22. The van der Waals surface area contributed by atoms with Crippen molar-refractivity contribution in [2.75, 3.05) is 0 Å². The van der Waals surface area contributed by atoms with Crippen LogP contribution in [0, 0.1) is 12.8 Å². The van der Waals surface area contributed by atoms with Gasteiger partial charge in [0.25, 0.3) is 0 Å². The fraction of sp³-hybridized carbons (Fsp3) is 0.400. The molecule has 0 radical (unpaired) electrons. The lowest BCUT2D eigenvalue weighted by Crippen LogP contribution is -2.50. The number of rotatable bonds is 0. The highest BCUT2D eigenvalue weighted by atomic mass is 16.4. The first-order chi connectivity index (χ1) is 9.82. The largest absolute Gasteiger partial charge is 0.508 e. The third-order valence-electron chi connectivity index (χ3n) is 4.22. The van der Waals surface area contributed by atoms with Crippen LogP contribution in [0.1, 0.15) is 27.6 Å². The van der Waals surface area contributed by atoms with E-state index in [1.54, 1.807) is 13.0 Å². The predicted octanol–water partition coefficient (Wildman–Crippen LogP) is -0.431. The number of benzene rings is 1. The molecule has 0 bridgehead atoms. The fourth-order valence-electron chi connectivity index (χ4n) is 3.19. The van der Waals surface area contributed by atoms with Crippen LogP contribution in [0.15, 0.2) is 23.8 Å². The quantitative estimate of drug-likeness (QED) is 0.443. The van der Waals surface area contributed by atoms with Gasteiger partial charge in [-0.15, -0.1) is 0 Å². The molecular formula is C15H16O6. The molecule has 5 atom stereocenters. The summed E-state index contributed by atoms with van der Waals surface area (Å²) in [6, 6.07) is 2.96. The van der Waals surface area contributed by atoms with Crippen molar-refractivity contribution in [2.45, 2.75) is 31.3 Å². The SMILES string of the molecule is Cc1cc(O)c2c(c1)C(=O)C1=CC(O)[C@H](O)[C@@H](O)[C@@H]1[C@H]2O. The van der Waals surface area contributed by atoms with E-state index in [0.717, 1.165) is 6.08 Å². The minimum Gasteiger partial charge on any atom is -0.508 e. The predicted molar refractivity (Wildman–Crippen MR) is 71.7 cm³/mol. The average molecular weight is 292 g/mol. The second kappa shape index (κ2) is 4.64. The minimum atomic E-state index is -1.49. The van der Waals surface area contributed by atoms with E-state index >= 15 is 0 Å². The van der Waals surface area contributed by atoms with Gasteiger partial charge in [0.2, 0.25) is 0 Å². The van der Waals surface area contributed by atoms with Gasteiger partial charge in [-0.05, 0) is 30.7 Å². The van der Waals surface area contributed by atoms with Gasteiger partial charge in [0.15, 0.2) is 5.78 Å². The lowest BCUT2D eigenvalue weighted by Gasteiger charge is -2.40. The molecule has 0 heterocycles. The molecular weight excluding hydrogens is 276 g/mol. The maximum absolute atomic E-state index is 12.5. The number of hydrogen-bond donors (Lipinski definition) is 5. The smallest absolute Gasteiger partial charge is 0.189 e. The zero-order valence-electron chi connectivity index (χ0n) is 11.3. The van der Waals surface area contributed by atoms with Gasteiger partial charge >= 0.3 is 0 Å². The highest BCUT2D eigenvalue weighted by Gasteiger charge is 2.48. The summed E-state index contributed by atoms with van der Waals surface area (Å²) in [6.45, 7) is 1.70. The highest BCUT2D eigenvalue weighted by Crippen LogP contribution is 2.46. The average Bonchev–Trinajstić information content (AvgIpc) is 2.41. The van der Waals surface area contributed by atoms with E-state index in [4.69, 9.17) is 0 Å². The van der Waals surface area contributed by atoms with Crippen LogP contribution in [0.25, 0.3) is 0 Å².